The molecule has 17 heavy (non-hydrogen) atoms. The smallest absolute Gasteiger partial charge is 0.313 e. The van der Waals surface area contributed by atoms with Gasteiger partial charge >= 0.3 is 5.69 Å². The molecule has 1 fully saturated rings. The number of pyridine rings is 1. The molecule has 2 rings (SSSR count). The predicted molar refractivity (Wildman–Crippen MR) is 63.1 cm³/mol. The molecular formula is C10H14N4O3. The van der Waals surface area contributed by atoms with Crippen LogP contribution in [0.5, 0.6) is 0 Å². The van der Waals surface area contributed by atoms with Gasteiger partial charge in [-0.1, -0.05) is 0 Å². The molecule has 2 N–H and O–H groups in total. The molecule has 1 aromatic rings. The number of nitrogens with zero attached hydrogens (tertiary/aromatic N) is 3. The minimum atomic E-state index is -0.499. The Bertz CT molecular complexity index is 420. The maximum absolute atomic E-state index is 10.8. The summed E-state index contributed by atoms with van der Waals surface area (Å²) >= 11 is 0. The number of anilines is 2. The van der Waals surface area contributed by atoms with Gasteiger partial charge < -0.3 is 15.4 Å². The Hall–Kier alpha value is -1.89. The second-order valence-electron chi connectivity index (χ2n) is 3.86. The van der Waals surface area contributed by atoms with Crippen molar-refractivity contribution in [2.24, 2.45) is 0 Å². The van der Waals surface area contributed by atoms with Crippen LogP contribution in [-0.4, -0.2) is 36.2 Å². The molecule has 92 valence electrons. The molecule has 0 aromatic carbocycles. The Balaban J connectivity index is 2.34. The van der Waals surface area contributed by atoms with E-state index in [1.807, 2.05) is 4.90 Å². The van der Waals surface area contributed by atoms with E-state index in [-0.39, 0.29) is 11.4 Å². The average Bonchev–Trinajstić information content (AvgIpc) is 2.28. The lowest BCUT2D eigenvalue weighted by atomic mass is 10.2. The van der Waals surface area contributed by atoms with Crippen LogP contribution in [0.15, 0.2) is 6.07 Å². The number of nitrogens with two attached hydrogens (primary N) is 1. The molecule has 0 amide bonds. The van der Waals surface area contributed by atoms with Gasteiger partial charge in [-0.05, 0) is 6.92 Å². The number of nitrogen functional groups attached to an aromatic ring is 1. The van der Waals surface area contributed by atoms with Crippen LogP contribution in [0.4, 0.5) is 17.2 Å². The zero-order valence-corrected chi connectivity index (χ0v) is 9.55. The van der Waals surface area contributed by atoms with Crippen LogP contribution in [0.1, 0.15) is 5.69 Å². The fourth-order valence-corrected chi connectivity index (χ4v) is 1.87. The first-order chi connectivity index (χ1) is 8.09. The van der Waals surface area contributed by atoms with Crippen molar-refractivity contribution >= 4 is 17.2 Å². The Labute approximate surface area is 98.3 Å². The number of morpholine rings is 1. The minimum absolute atomic E-state index is 0.109. The van der Waals surface area contributed by atoms with Crippen molar-refractivity contribution < 1.29 is 9.66 Å². The largest absolute Gasteiger partial charge is 0.393 e. The van der Waals surface area contributed by atoms with Gasteiger partial charge in [-0.15, -0.1) is 0 Å². The second-order valence-corrected chi connectivity index (χ2v) is 3.86. The summed E-state index contributed by atoms with van der Waals surface area (Å²) in [5.41, 5.74) is 6.08. The molecule has 1 aliphatic heterocycles. The van der Waals surface area contributed by atoms with Gasteiger partial charge in [0.1, 0.15) is 17.2 Å². The Morgan fingerprint density at radius 1 is 1.53 bits per heavy atom. The van der Waals surface area contributed by atoms with Gasteiger partial charge in [-0.3, -0.25) is 10.1 Å². The molecule has 1 aromatic heterocycles. The quantitative estimate of drug-likeness (QED) is 0.602. The third kappa shape index (κ3) is 2.28. The summed E-state index contributed by atoms with van der Waals surface area (Å²) in [6.07, 6.45) is 0. The van der Waals surface area contributed by atoms with Crippen molar-refractivity contribution in [2.45, 2.75) is 6.92 Å². The van der Waals surface area contributed by atoms with Crippen molar-refractivity contribution in [3.05, 3.63) is 21.9 Å². The first-order valence-electron chi connectivity index (χ1n) is 5.34. The summed E-state index contributed by atoms with van der Waals surface area (Å²) in [6.45, 7) is 4.32. The molecule has 7 heteroatoms. The number of ether oxygens (including phenoxy) is 1. The van der Waals surface area contributed by atoms with E-state index in [4.69, 9.17) is 10.5 Å². The van der Waals surface area contributed by atoms with Crippen molar-refractivity contribution in [1.29, 1.82) is 0 Å². The molecule has 1 saturated heterocycles. The lowest BCUT2D eigenvalue weighted by molar-refractivity contribution is -0.384. The summed E-state index contributed by atoms with van der Waals surface area (Å²) in [5.74, 6) is 0.675. The van der Waals surface area contributed by atoms with Crippen LogP contribution in [-0.2, 0) is 4.74 Å². The summed E-state index contributed by atoms with van der Waals surface area (Å²) in [5, 5.41) is 10.8. The third-order valence-corrected chi connectivity index (χ3v) is 2.70. The maximum Gasteiger partial charge on any atom is 0.313 e. The standard InChI is InChI=1S/C10H14N4O3/c1-7-10(14(15)16)8(11)6-9(12-7)13-2-4-17-5-3-13/h6H,2-5H2,1H3,(H2,11,12). The normalized spacial score (nSPS) is 15.9. The Kier molecular flexibility index (Phi) is 3.10. The van der Waals surface area contributed by atoms with E-state index in [1.54, 1.807) is 13.0 Å². The second kappa shape index (κ2) is 4.54. The van der Waals surface area contributed by atoms with E-state index in [0.717, 1.165) is 13.1 Å². The highest BCUT2D eigenvalue weighted by atomic mass is 16.6. The predicted octanol–water partition coefficient (Wildman–Crippen LogP) is 0.717. The fraction of sp³-hybridized carbons (Fsp3) is 0.500. The van der Waals surface area contributed by atoms with Gasteiger partial charge in [0.05, 0.1) is 18.1 Å². The molecule has 0 unspecified atom stereocenters. The Morgan fingerprint density at radius 3 is 2.71 bits per heavy atom. The van der Waals surface area contributed by atoms with Gasteiger partial charge in [0.2, 0.25) is 0 Å². The number of hydrogen-bond donors (Lipinski definition) is 1. The molecule has 7 nitrogen and oxygen atoms in total. The number of aryl methyl sites for hydroxylation is 1. The van der Waals surface area contributed by atoms with Crippen molar-refractivity contribution in [2.75, 3.05) is 36.9 Å². The van der Waals surface area contributed by atoms with Crippen LogP contribution < -0.4 is 10.6 Å². The summed E-state index contributed by atoms with van der Waals surface area (Å²) in [4.78, 5) is 16.5. The van der Waals surface area contributed by atoms with E-state index in [2.05, 4.69) is 4.98 Å². The zero-order chi connectivity index (χ0) is 12.4. The average molecular weight is 238 g/mol. The van der Waals surface area contributed by atoms with Crippen LogP contribution in [0.2, 0.25) is 0 Å². The SMILES string of the molecule is Cc1nc(N2CCOCC2)cc(N)c1[N+](=O)[O-]. The lowest BCUT2D eigenvalue weighted by Gasteiger charge is -2.28. The van der Waals surface area contributed by atoms with Crippen LogP contribution in [0.3, 0.4) is 0 Å². The molecule has 0 aliphatic carbocycles. The van der Waals surface area contributed by atoms with E-state index in [1.165, 1.54) is 0 Å². The molecule has 0 atom stereocenters. The lowest BCUT2D eigenvalue weighted by Crippen LogP contribution is -2.36. The van der Waals surface area contributed by atoms with Gasteiger partial charge in [0.25, 0.3) is 0 Å². The third-order valence-electron chi connectivity index (χ3n) is 2.70. The Morgan fingerprint density at radius 2 is 2.18 bits per heavy atom. The van der Waals surface area contributed by atoms with E-state index in [9.17, 15) is 10.1 Å². The highest BCUT2D eigenvalue weighted by molar-refractivity contribution is 5.65. The van der Waals surface area contributed by atoms with Crippen molar-refractivity contribution in [3.63, 3.8) is 0 Å². The van der Waals surface area contributed by atoms with E-state index in [0.29, 0.717) is 24.7 Å². The first kappa shape index (κ1) is 11.6. The topological polar surface area (TPSA) is 94.5 Å². The number of hydrogen-bond acceptors (Lipinski definition) is 6. The number of rotatable bonds is 2. The molecular weight excluding hydrogens is 224 g/mol. The van der Waals surface area contributed by atoms with Crippen LogP contribution in [0.25, 0.3) is 0 Å². The van der Waals surface area contributed by atoms with E-state index >= 15 is 0 Å². The van der Waals surface area contributed by atoms with E-state index < -0.39 is 4.92 Å². The van der Waals surface area contributed by atoms with Crippen LogP contribution >= 0.6 is 0 Å². The maximum atomic E-state index is 10.8. The van der Waals surface area contributed by atoms with Gasteiger partial charge in [-0.25, -0.2) is 4.98 Å². The fourth-order valence-electron chi connectivity index (χ4n) is 1.87. The monoisotopic (exact) mass is 238 g/mol. The first-order valence-corrected chi connectivity index (χ1v) is 5.34. The van der Waals surface area contributed by atoms with Gasteiger partial charge in [0.15, 0.2) is 0 Å². The molecule has 0 saturated carbocycles. The van der Waals surface area contributed by atoms with Gasteiger partial charge in [0, 0.05) is 19.2 Å². The number of nitro groups is 1. The zero-order valence-electron chi connectivity index (χ0n) is 9.55. The molecule has 0 radical (unpaired) electrons. The summed E-state index contributed by atoms with van der Waals surface area (Å²) < 4.78 is 5.23. The molecule has 2 heterocycles. The van der Waals surface area contributed by atoms with Crippen molar-refractivity contribution in [3.8, 4) is 0 Å². The summed E-state index contributed by atoms with van der Waals surface area (Å²) in [7, 11) is 0. The molecule has 1 aliphatic rings. The van der Waals surface area contributed by atoms with Crippen molar-refractivity contribution in [1.82, 2.24) is 4.98 Å². The molecule has 0 bridgehead atoms. The summed E-state index contributed by atoms with van der Waals surface area (Å²) in [6, 6.07) is 1.55. The highest BCUT2D eigenvalue weighted by Crippen LogP contribution is 2.28. The minimum Gasteiger partial charge on any atom is -0.393 e. The van der Waals surface area contributed by atoms with Gasteiger partial charge in [-0.2, -0.15) is 0 Å². The number of aromatic nitrogens is 1. The highest BCUT2D eigenvalue weighted by Gasteiger charge is 2.21. The molecule has 0 spiro atoms. The van der Waals surface area contributed by atoms with Crippen LogP contribution in [0, 0.1) is 17.0 Å².